The van der Waals surface area contributed by atoms with Crippen LogP contribution in [0.5, 0.6) is 0 Å². The molecule has 0 aliphatic carbocycles. The fraction of sp³-hybridized carbons (Fsp3) is 1.00. The van der Waals surface area contributed by atoms with E-state index in [0.29, 0.717) is 16.9 Å². The van der Waals surface area contributed by atoms with E-state index in [1.54, 1.807) is 0 Å². The van der Waals surface area contributed by atoms with Crippen molar-refractivity contribution in [2.45, 2.75) is 60.9 Å². The van der Waals surface area contributed by atoms with Gasteiger partial charge in [0, 0.05) is 6.04 Å². The van der Waals surface area contributed by atoms with Gasteiger partial charge in [0.15, 0.2) is 0 Å². The molecule has 0 aromatic rings. The zero-order valence-electron chi connectivity index (χ0n) is 12.6. The Morgan fingerprint density at radius 3 is 1.81 bits per heavy atom. The summed E-state index contributed by atoms with van der Waals surface area (Å²) in [6.07, 6.45) is 1.35. The molecule has 0 aromatic carbocycles. The quantitative estimate of drug-likeness (QED) is 0.601. The van der Waals surface area contributed by atoms with Gasteiger partial charge >= 0.3 is 0 Å². The topological polar surface area (TPSA) is 3.24 Å². The summed E-state index contributed by atoms with van der Waals surface area (Å²) >= 11 is 0. The van der Waals surface area contributed by atoms with Crippen molar-refractivity contribution in [2.24, 2.45) is 22.7 Å². The van der Waals surface area contributed by atoms with E-state index in [1.807, 2.05) is 0 Å². The Morgan fingerprint density at radius 1 is 0.938 bits per heavy atom. The van der Waals surface area contributed by atoms with Gasteiger partial charge < -0.3 is 4.90 Å². The van der Waals surface area contributed by atoms with Gasteiger partial charge in [-0.15, -0.1) is 0 Å². The highest BCUT2D eigenvalue weighted by Gasteiger charge is 2.45. The average Bonchev–Trinajstić information content (AvgIpc) is 2.05. The summed E-state index contributed by atoms with van der Waals surface area (Å²) in [5.74, 6) is 1.64. The van der Waals surface area contributed by atoms with Crippen LogP contribution >= 0.6 is 0 Å². The molecule has 0 amide bonds. The summed E-state index contributed by atoms with van der Waals surface area (Å²) in [7, 11) is 2.28. The van der Waals surface area contributed by atoms with Crippen LogP contribution in [0.2, 0.25) is 0 Å². The first-order valence-electron chi connectivity index (χ1n) is 6.75. The maximum atomic E-state index is 2.54. The molecule has 0 aromatic heterocycles. The Labute approximate surface area is 103 Å². The molecular formula is C15H31N. The smallest absolute Gasteiger partial charge is 0.01000 e. The number of nitrogens with zero attached hydrogens (tertiary/aromatic N) is 1. The zero-order valence-corrected chi connectivity index (χ0v) is 12.6. The second-order valence-corrected chi connectivity index (χ2v) is 7.87. The number of rotatable bonds is 0. The Balaban J connectivity index is 3.00. The highest BCUT2D eigenvalue weighted by atomic mass is 15.1. The second kappa shape index (κ2) is 4.33. The first-order valence-corrected chi connectivity index (χ1v) is 6.75. The van der Waals surface area contributed by atoms with Crippen molar-refractivity contribution in [3.8, 4) is 0 Å². The molecule has 16 heavy (non-hydrogen) atoms. The SMILES string of the molecule is CC1C(C(C)(C)C)C(C(C)(C)C)CCN1C. The third kappa shape index (κ3) is 2.80. The summed E-state index contributed by atoms with van der Waals surface area (Å²) < 4.78 is 0. The molecule has 0 saturated carbocycles. The van der Waals surface area contributed by atoms with Gasteiger partial charge in [0.25, 0.3) is 0 Å². The maximum absolute atomic E-state index is 2.54. The van der Waals surface area contributed by atoms with Gasteiger partial charge in [-0.3, -0.25) is 0 Å². The van der Waals surface area contributed by atoms with Gasteiger partial charge in [-0.25, -0.2) is 0 Å². The molecule has 1 nitrogen and oxygen atoms in total. The monoisotopic (exact) mass is 225 g/mol. The molecule has 1 aliphatic rings. The zero-order chi connectivity index (χ0) is 12.7. The van der Waals surface area contributed by atoms with Gasteiger partial charge in [0.2, 0.25) is 0 Å². The van der Waals surface area contributed by atoms with Crippen LogP contribution in [0.4, 0.5) is 0 Å². The van der Waals surface area contributed by atoms with Crippen molar-refractivity contribution in [2.75, 3.05) is 13.6 Å². The molecule has 1 heterocycles. The maximum Gasteiger partial charge on any atom is 0.01000 e. The molecule has 0 bridgehead atoms. The van der Waals surface area contributed by atoms with Crippen LogP contribution in [0.1, 0.15) is 54.9 Å². The molecule has 1 fully saturated rings. The van der Waals surface area contributed by atoms with Crippen molar-refractivity contribution >= 4 is 0 Å². The lowest BCUT2D eigenvalue weighted by Gasteiger charge is -2.53. The molecule has 0 spiro atoms. The molecule has 1 heteroatoms. The lowest BCUT2D eigenvalue weighted by atomic mass is 9.59. The van der Waals surface area contributed by atoms with Crippen LogP contribution in [0.3, 0.4) is 0 Å². The minimum Gasteiger partial charge on any atom is -0.303 e. The van der Waals surface area contributed by atoms with E-state index in [9.17, 15) is 0 Å². The van der Waals surface area contributed by atoms with Crippen LogP contribution in [0.25, 0.3) is 0 Å². The summed E-state index contributed by atoms with van der Waals surface area (Å²) in [6, 6.07) is 0.706. The van der Waals surface area contributed by atoms with Gasteiger partial charge in [0.1, 0.15) is 0 Å². The Hall–Kier alpha value is -0.0400. The van der Waals surface area contributed by atoms with Crippen LogP contribution < -0.4 is 0 Å². The second-order valence-electron chi connectivity index (χ2n) is 7.87. The Kier molecular flexibility index (Phi) is 3.79. The van der Waals surface area contributed by atoms with Crippen LogP contribution in [0.15, 0.2) is 0 Å². The minimum absolute atomic E-state index is 0.409. The highest BCUT2D eigenvalue weighted by molar-refractivity contribution is 4.96. The predicted molar refractivity (Wildman–Crippen MR) is 72.6 cm³/mol. The highest BCUT2D eigenvalue weighted by Crippen LogP contribution is 2.48. The molecule has 0 N–H and O–H groups in total. The third-order valence-corrected chi connectivity index (χ3v) is 4.55. The van der Waals surface area contributed by atoms with E-state index in [-0.39, 0.29) is 0 Å². The van der Waals surface area contributed by atoms with E-state index in [4.69, 9.17) is 0 Å². The molecule has 1 saturated heterocycles. The van der Waals surface area contributed by atoms with Gasteiger partial charge in [-0.2, -0.15) is 0 Å². The lowest BCUT2D eigenvalue weighted by Crippen LogP contribution is -2.53. The summed E-state index contributed by atoms with van der Waals surface area (Å²) in [6.45, 7) is 18.1. The van der Waals surface area contributed by atoms with Crippen LogP contribution in [-0.2, 0) is 0 Å². The lowest BCUT2D eigenvalue weighted by molar-refractivity contribution is -0.0362. The largest absolute Gasteiger partial charge is 0.303 e. The molecule has 1 aliphatic heterocycles. The van der Waals surface area contributed by atoms with E-state index in [1.165, 1.54) is 13.0 Å². The van der Waals surface area contributed by atoms with E-state index in [2.05, 4.69) is 60.4 Å². The standard InChI is InChI=1S/C15H31N/c1-11-13(15(5,6)7)12(14(2,3)4)9-10-16(11)8/h11-13H,9-10H2,1-8H3. The van der Waals surface area contributed by atoms with Crippen molar-refractivity contribution < 1.29 is 0 Å². The molecule has 3 unspecified atom stereocenters. The fourth-order valence-corrected chi connectivity index (χ4v) is 3.64. The minimum atomic E-state index is 0.409. The first-order chi connectivity index (χ1) is 7.05. The van der Waals surface area contributed by atoms with Crippen molar-refractivity contribution in [3.63, 3.8) is 0 Å². The Morgan fingerprint density at radius 2 is 1.44 bits per heavy atom. The number of piperidine rings is 1. The number of hydrogen-bond acceptors (Lipinski definition) is 1. The van der Waals surface area contributed by atoms with E-state index < -0.39 is 0 Å². The molecule has 0 radical (unpaired) electrons. The molecule has 3 atom stereocenters. The summed E-state index contributed by atoms with van der Waals surface area (Å²) in [5.41, 5.74) is 0.847. The molecule has 96 valence electrons. The summed E-state index contributed by atoms with van der Waals surface area (Å²) in [5, 5.41) is 0. The van der Waals surface area contributed by atoms with Crippen LogP contribution in [-0.4, -0.2) is 24.5 Å². The van der Waals surface area contributed by atoms with Gasteiger partial charge in [0.05, 0.1) is 0 Å². The van der Waals surface area contributed by atoms with Crippen molar-refractivity contribution in [1.29, 1.82) is 0 Å². The van der Waals surface area contributed by atoms with Crippen molar-refractivity contribution in [3.05, 3.63) is 0 Å². The van der Waals surface area contributed by atoms with E-state index >= 15 is 0 Å². The Bertz CT molecular complexity index is 231. The normalized spacial score (nSPS) is 34.1. The first kappa shape index (κ1) is 14.0. The number of hydrogen-bond donors (Lipinski definition) is 0. The van der Waals surface area contributed by atoms with Gasteiger partial charge in [-0.1, -0.05) is 41.5 Å². The van der Waals surface area contributed by atoms with E-state index in [0.717, 1.165) is 11.8 Å². The fourth-order valence-electron chi connectivity index (χ4n) is 3.64. The van der Waals surface area contributed by atoms with Gasteiger partial charge in [-0.05, 0) is 49.6 Å². The third-order valence-electron chi connectivity index (χ3n) is 4.55. The summed E-state index contributed by atoms with van der Waals surface area (Å²) in [4.78, 5) is 2.54. The van der Waals surface area contributed by atoms with Crippen LogP contribution in [0, 0.1) is 22.7 Å². The van der Waals surface area contributed by atoms with Crippen molar-refractivity contribution in [1.82, 2.24) is 4.90 Å². The molecular weight excluding hydrogens is 194 g/mol. The predicted octanol–water partition coefficient (Wildman–Crippen LogP) is 4.04. The average molecular weight is 225 g/mol. The molecule has 1 rings (SSSR count). The number of likely N-dealkylation sites (tertiary alicyclic amines) is 1.